The van der Waals surface area contributed by atoms with E-state index in [-0.39, 0.29) is 40.8 Å². The molecule has 34 heavy (non-hydrogen) atoms. The van der Waals surface area contributed by atoms with E-state index < -0.39 is 40.1 Å². The van der Waals surface area contributed by atoms with Crippen LogP contribution in [0.15, 0.2) is 23.8 Å². The minimum Gasteiger partial charge on any atom is -0.450 e. The fraction of sp³-hybridized carbons (Fsp3) is 0.741. The molecule has 188 valence electrons. The zero-order valence-electron chi connectivity index (χ0n) is 21.0. The van der Waals surface area contributed by atoms with Crippen LogP contribution in [0.3, 0.4) is 0 Å². The average Bonchev–Trinajstić information content (AvgIpc) is 2.96. The molecule has 4 rings (SSSR count). The highest BCUT2D eigenvalue weighted by Gasteiger charge is 2.76. The molecule has 0 amide bonds. The lowest BCUT2D eigenvalue weighted by molar-refractivity contribution is -0.226. The van der Waals surface area contributed by atoms with E-state index in [1.807, 2.05) is 27.7 Å². The Morgan fingerprint density at radius 1 is 1.29 bits per heavy atom. The van der Waals surface area contributed by atoms with Crippen LogP contribution in [-0.2, 0) is 19.1 Å². The van der Waals surface area contributed by atoms with Crippen molar-refractivity contribution in [1.29, 1.82) is 0 Å². The number of thioether (sulfide) groups is 1. The van der Waals surface area contributed by atoms with Crippen molar-refractivity contribution in [3.05, 3.63) is 23.8 Å². The molecule has 0 aromatic carbocycles. The number of Topliss-reactive ketones (excluding diaryl/α,β-unsaturated/α-hetero) is 1. The highest BCUT2D eigenvalue weighted by molar-refractivity contribution is 8.00. The summed E-state index contributed by atoms with van der Waals surface area (Å²) in [5, 5.41) is 11.7. The molecule has 0 saturated heterocycles. The maximum atomic E-state index is 17.3. The zero-order valence-corrected chi connectivity index (χ0v) is 21.8. The number of fused-ring (bicyclic) bond motifs is 5. The van der Waals surface area contributed by atoms with E-state index in [0.717, 1.165) is 5.57 Å². The number of aliphatic hydroxyl groups is 1. The molecule has 0 aromatic heterocycles. The third kappa shape index (κ3) is 3.25. The molecule has 0 heterocycles. The van der Waals surface area contributed by atoms with E-state index >= 15 is 4.39 Å². The van der Waals surface area contributed by atoms with Crippen LogP contribution in [0.25, 0.3) is 0 Å². The molecule has 0 aliphatic heterocycles. The largest absolute Gasteiger partial charge is 0.450 e. The highest BCUT2D eigenvalue weighted by atomic mass is 32.2. The number of carbonyl (C=O) groups excluding carboxylic acids is 3. The first kappa shape index (κ1) is 25.6. The minimum absolute atomic E-state index is 0.0177. The molecular formula is C27H37FO5S. The molecule has 4 aliphatic rings. The van der Waals surface area contributed by atoms with Gasteiger partial charge in [0, 0.05) is 22.7 Å². The Labute approximate surface area is 206 Å². The monoisotopic (exact) mass is 492 g/mol. The summed E-state index contributed by atoms with van der Waals surface area (Å²) in [5.41, 5.74) is -4.61. The van der Waals surface area contributed by atoms with E-state index in [0.29, 0.717) is 19.3 Å². The van der Waals surface area contributed by atoms with Crippen LogP contribution in [0.2, 0.25) is 0 Å². The van der Waals surface area contributed by atoms with E-state index in [9.17, 15) is 19.5 Å². The number of alkyl halides is 1. The minimum atomic E-state index is -1.97. The van der Waals surface area contributed by atoms with Crippen LogP contribution in [0.5, 0.6) is 0 Å². The van der Waals surface area contributed by atoms with Crippen molar-refractivity contribution in [2.75, 3.05) is 5.75 Å². The van der Waals surface area contributed by atoms with Gasteiger partial charge in [0.2, 0.25) is 0 Å². The quantitative estimate of drug-likeness (QED) is 0.565. The second kappa shape index (κ2) is 8.29. The summed E-state index contributed by atoms with van der Waals surface area (Å²) in [7, 11) is 0. The van der Waals surface area contributed by atoms with Gasteiger partial charge in [-0.25, -0.2) is 4.39 Å². The van der Waals surface area contributed by atoms with E-state index in [1.165, 1.54) is 30.8 Å². The Morgan fingerprint density at radius 3 is 2.59 bits per heavy atom. The first-order chi connectivity index (χ1) is 15.7. The lowest BCUT2D eigenvalue weighted by Crippen LogP contribution is -2.69. The molecule has 5 nitrogen and oxygen atoms in total. The number of esters is 1. The first-order valence-corrected chi connectivity index (χ1v) is 13.4. The van der Waals surface area contributed by atoms with Gasteiger partial charge in [-0.1, -0.05) is 39.3 Å². The molecule has 4 aliphatic carbocycles. The van der Waals surface area contributed by atoms with Crippen molar-refractivity contribution in [3.8, 4) is 0 Å². The molecular weight excluding hydrogens is 455 g/mol. The van der Waals surface area contributed by atoms with Crippen LogP contribution >= 0.6 is 11.8 Å². The third-order valence-corrected chi connectivity index (χ3v) is 10.6. The third-order valence-electron chi connectivity index (χ3n) is 9.51. The normalized spacial score (nSPS) is 45.3. The van der Waals surface area contributed by atoms with Crippen LogP contribution in [0.4, 0.5) is 4.39 Å². The molecule has 3 saturated carbocycles. The number of aliphatic hydroxyl groups excluding tert-OH is 1. The van der Waals surface area contributed by atoms with Gasteiger partial charge in [0.15, 0.2) is 22.8 Å². The number of ether oxygens (including phenoxy) is 1. The molecule has 7 heteroatoms. The van der Waals surface area contributed by atoms with Gasteiger partial charge in [-0.3, -0.25) is 14.4 Å². The maximum absolute atomic E-state index is 17.3. The molecule has 0 unspecified atom stereocenters. The van der Waals surface area contributed by atoms with Gasteiger partial charge >= 0.3 is 5.97 Å². The molecule has 8 atom stereocenters. The molecule has 0 radical (unpaired) electrons. The summed E-state index contributed by atoms with van der Waals surface area (Å²) in [5.74, 6) is -1.74. The number of allylic oxidation sites excluding steroid dienone is 4. The summed E-state index contributed by atoms with van der Waals surface area (Å²) < 4.78 is 23.4. The first-order valence-electron chi connectivity index (χ1n) is 12.4. The van der Waals surface area contributed by atoms with E-state index in [1.54, 1.807) is 13.0 Å². The maximum Gasteiger partial charge on any atom is 0.316 e. The second-order valence-electron chi connectivity index (χ2n) is 11.5. The number of hydrogen-bond donors (Lipinski definition) is 1. The predicted octanol–water partition coefficient (Wildman–Crippen LogP) is 4.62. The molecule has 0 aromatic rings. The molecule has 3 fully saturated rings. The van der Waals surface area contributed by atoms with Gasteiger partial charge in [0.05, 0.1) is 11.9 Å². The predicted molar refractivity (Wildman–Crippen MR) is 130 cm³/mol. The van der Waals surface area contributed by atoms with E-state index in [4.69, 9.17) is 4.74 Å². The van der Waals surface area contributed by atoms with Gasteiger partial charge in [0.1, 0.15) is 0 Å². The summed E-state index contributed by atoms with van der Waals surface area (Å²) in [6.45, 7) is 11.0. The Bertz CT molecular complexity index is 974. The standard InChI is InChI=1S/C27H37FO5S/c1-15(2)34-14-23(32)33-27(17(4)29)16(3)11-21-20-8-7-18-12-19(30)9-10-24(18,5)26(20,28)22(31)13-25(21,27)6/h9-10,12,15-16,20-22,31H,7-8,11,13-14H2,1-6H3/t16-,20-,21-,22-,24-,25-,26-,27-/m0/s1. The van der Waals surface area contributed by atoms with Crippen molar-refractivity contribution in [2.45, 2.75) is 89.8 Å². The van der Waals surface area contributed by atoms with Gasteiger partial charge in [-0.05, 0) is 62.9 Å². The van der Waals surface area contributed by atoms with Gasteiger partial charge in [-0.15, -0.1) is 11.8 Å². The van der Waals surface area contributed by atoms with Crippen molar-refractivity contribution in [2.24, 2.45) is 28.6 Å². The van der Waals surface area contributed by atoms with Crippen LogP contribution < -0.4 is 0 Å². The zero-order chi connectivity index (χ0) is 25.3. The van der Waals surface area contributed by atoms with Crippen molar-refractivity contribution < 1.29 is 28.6 Å². The number of halogens is 1. The van der Waals surface area contributed by atoms with Crippen LogP contribution in [0, 0.1) is 28.6 Å². The summed E-state index contributed by atoms with van der Waals surface area (Å²) in [6.07, 6.45) is 4.79. The highest BCUT2D eigenvalue weighted by Crippen LogP contribution is 2.71. The Morgan fingerprint density at radius 2 is 1.97 bits per heavy atom. The molecule has 0 spiro atoms. The fourth-order valence-electron chi connectivity index (χ4n) is 8.01. The lowest BCUT2D eigenvalue weighted by Gasteiger charge is -2.62. The topological polar surface area (TPSA) is 80.7 Å². The Balaban J connectivity index is 1.76. The Hall–Kier alpha value is -1.47. The van der Waals surface area contributed by atoms with E-state index in [2.05, 4.69) is 0 Å². The molecule has 1 N–H and O–H groups in total. The number of hydrogen-bond acceptors (Lipinski definition) is 6. The molecule has 0 bridgehead atoms. The van der Waals surface area contributed by atoms with Gasteiger partial charge in [0.25, 0.3) is 0 Å². The Kier molecular flexibility index (Phi) is 6.25. The van der Waals surface area contributed by atoms with Gasteiger partial charge < -0.3 is 9.84 Å². The number of carbonyl (C=O) groups is 3. The average molecular weight is 493 g/mol. The fourth-order valence-corrected chi connectivity index (χ4v) is 8.54. The van der Waals surface area contributed by atoms with Gasteiger partial charge in [-0.2, -0.15) is 0 Å². The number of ketones is 2. The van der Waals surface area contributed by atoms with Crippen molar-refractivity contribution in [3.63, 3.8) is 0 Å². The van der Waals surface area contributed by atoms with Crippen LogP contribution in [-0.4, -0.2) is 51.0 Å². The van der Waals surface area contributed by atoms with Crippen molar-refractivity contribution in [1.82, 2.24) is 0 Å². The lowest BCUT2D eigenvalue weighted by atomic mass is 9.44. The summed E-state index contributed by atoms with van der Waals surface area (Å²) >= 11 is 1.46. The second-order valence-corrected chi connectivity index (χ2v) is 13.1. The van der Waals surface area contributed by atoms with Crippen molar-refractivity contribution >= 4 is 29.3 Å². The SMILES string of the molecule is CC(=O)[C@@]1(OC(=O)CSC(C)C)[C@@H](C)C[C@H]2[C@@H]3CCC4=CC(=O)C=C[C@]4(C)[C@@]3(F)[C@@H](O)C[C@@]21C. The summed E-state index contributed by atoms with van der Waals surface area (Å²) in [4.78, 5) is 38.2. The van der Waals surface area contributed by atoms with Crippen LogP contribution in [0.1, 0.15) is 67.2 Å². The smallest absolute Gasteiger partial charge is 0.316 e. The summed E-state index contributed by atoms with van der Waals surface area (Å²) in [6, 6.07) is 0. The number of rotatable bonds is 5.